The second kappa shape index (κ2) is 11.6. The van der Waals surface area contributed by atoms with Crippen LogP contribution in [0.1, 0.15) is 34.1 Å². The maximum atomic E-state index is 13.0. The summed E-state index contributed by atoms with van der Waals surface area (Å²) in [7, 11) is 0. The first-order valence-corrected chi connectivity index (χ1v) is 12.0. The average Bonchev–Trinajstić information content (AvgIpc) is 3.15. The predicted molar refractivity (Wildman–Crippen MR) is 141 cm³/mol. The lowest BCUT2D eigenvalue weighted by atomic mass is 10.2. The summed E-state index contributed by atoms with van der Waals surface area (Å²) in [5, 5.41) is 13.6. The Morgan fingerprint density at radius 2 is 1.54 bits per heavy atom. The lowest BCUT2D eigenvalue weighted by Crippen LogP contribution is -2.32. The molecule has 39 heavy (non-hydrogen) atoms. The Hall–Kier alpha value is -5.03. The highest BCUT2D eigenvalue weighted by Gasteiger charge is 2.39. The van der Waals surface area contributed by atoms with Crippen molar-refractivity contribution >= 4 is 52.4 Å². The van der Waals surface area contributed by atoms with Crippen molar-refractivity contribution in [2.24, 2.45) is 0 Å². The first-order valence-electron chi connectivity index (χ1n) is 11.6. The number of hydrogen-bond donors (Lipinski definition) is 1. The minimum absolute atomic E-state index is 0.0896. The van der Waals surface area contributed by atoms with Crippen LogP contribution in [-0.4, -0.2) is 35.3 Å². The summed E-state index contributed by atoms with van der Waals surface area (Å²) in [5.74, 6) is -3.02. The van der Waals surface area contributed by atoms with Gasteiger partial charge in [-0.3, -0.25) is 19.7 Å². The predicted octanol–water partition coefficient (Wildman–Crippen LogP) is 4.82. The number of halogens is 1. The smallest absolute Gasteiger partial charge is 0.343 e. The Morgan fingerprint density at radius 3 is 2.18 bits per heavy atom. The Kier molecular flexibility index (Phi) is 8.01. The maximum absolute atomic E-state index is 13.0. The molecule has 0 fully saturated rings. The van der Waals surface area contributed by atoms with E-state index in [1.165, 1.54) is 72.8 Å². The van der Waals surface area contributed by atoms with E-state index in [0.717, 1.165) is 4.90 Å². The van der Waals surface area contributed by atoms with Crippen LogP contribution in [0.15, 0.2) is 83.5 Å². The lowest BCUT2D eigenvalue weighted by molar-refractivity contribution is -0.385. The van der Waals surface area contributed by atoms with Crippen LogP contribution >= 0.6 is 11.6 Å². The number of imide groups is 1. The van der Waals surface area contributed by atoms with E-state index in [9.17, 15) is 29.3 Å². The number of anilines is 2. The first kappa shape index (κ1) is 27.0. The van der Waals surface area contributed by atoms with Crippen LogP contribution in [-0.2, 0) is 14.3 Å². The summed E-state index contributed by atoms with van der Waals surface area (Å²) in [4.78, 5) is 61.6. The summed E-state index contributed by atoms with van der Waals surface area (Å²) in [6.45, 7) is 2.14. The summed E-state index contributed by atoms with van der Waals surface area (Å²) in [6.07, 6.45) is 0.672. The van der Waals surface area contributed by atoms with Gasteiger partial charge in [0.1, 0.15) is 10.7 Å². The van der Waals surface area contributed by atoms with E-state index in [2.05, 4.69) is 5.32 Å². The van der Waals surface area contributed by atoms with E-state index in [4.69, 9.17) is 21.1 Å². The van der Waals surface area contributed by atoms with E-state index in [1.807, 2.05) is 6.92 Å². The molecule has 1 aliphatic heterocycles. The molecule has 0 saturated heterocycles. The summed E-state index contributed by atoms with van der Waals surface area (Å²) in [5.41, 5.74) is 0.368. The summed E-state index contributed by atoms with van der Waals surface area (Å²) in [6, 6.07) is 16.9. The van der Waals surface area contributed by atoms with Crippen LogP contribution in [0.5, 0.6) is 5.75 Å². The number of hydrogen-bond acceptors (Lipinski definition) is 9. The zero-order valence-electron chi connectivity index (χ0n) is 20.4. The van der Waals surface area contributed by atoms with Crippen molar-refractivity contribution in [1.29, 1.82) is 0 Å². The molecule has 4 rings (SSSR count). The third kappa shape index (κ3) is 5.78. The second-order valence-electron chi connectivity index (χ2n) is 8.13. The summed E-state index contributed by atoms with van der Waals surface area (Å²) < 4.78 is 10.2. The van der Waals surface area contributed by atoms with Gasteiger partial charge in [-0.2, -0.15) is 0 Å². The second-order valence-corrected chi connectivity index (χ2v) is 8.51. The third-order valence-corrected chi connectivity index (χ3v) is 5.83. The number of nitrogens with one attached hydrogen (secondary N) is 1. The van der Waals surface area contributed by atoms with Crippen molar-refractivity contribution in [2.75, 3.05) is 16.8 Å². The van der Waals surface area contributed by atoms with E-state index >= 15 is 0 Å². The fourth-order valence-electron chi connectivity index (χ4n) is 3.56. The number of nitro groups is 1. The van der Waals surface area contributed by atoms with Gasteiger partial charge < -0.3 is 14.8 Å². The highest BCUT2D eigenvalue weighted by Crippen LogP contribution is 2.31. The number of nitrogens with zero attached hydrogens (tertiary/aromatic N) is 2. The van der Waals surface area contributed by atoms with Gasteiger partial charge in [0.25, 0.3) is 11.8 Å². The molecule has 198 valence electrons. The van der Waals surface area contributed by atoms with E-state index < -0.39 is 28.7 Å². The van der Waals surface area contributed by atoms with Crippen LogP contribution < -0.4 is 15.0 Å². The molecule has 3 aromatic rings. The molecule has 1 heterocycles. The molecule has 0 aliphatic carbocycles. The van der Waals surface area contributed by atoms with E-state index in [1.54, 1.807) is 0 Å². The van der Waals surface area contributed by atoms with Crippen LogP contribution in [0.3, 0.4) is 0 Å². The molecule has 0 radical (unpaired) electrons. The lowest BCUT2D eigenvalue weighted by Gasteiger charge is -2.15. The van der Waals surface area contributed by atoms with Crippen LogP contribution in [0.4, 0.5) is 17.1 Å². The zero-order valence-corrected chi connectivity index (χ0v) is 21.1. The molecule has 0 aromatic heterocycles. The molecule has 1 N–H and O–H groups in total. The molecule has 3 aromatic carbocycles. The van der Waals surface area contributed by atoms with Gasteiger partial charge in [0, 0.05) is 11.8 Å². The molecule has 0 atom stereocenters. The van der Waals surface area contributed by atoms with Crippen LogP contribution in [0.25, 0.3) is 0 Å². The normalized spacial score (nSPS) is 12.9. The molecule has 0 bridgehead atoms. The van der Waals surface area contributed by atoms with Gasteiger partial charge >= 0.3 is 17.6 Å². The highest BCUT2D eigenvalue weighted by atomic mass is 35.5. The Morgan fingerprint density at radius 1 is 0.923 bits per heavy atom. The Labute approximate surface area is 226 Å². The number of para-hydroxylation sites is 2. The van der Waals surface area contributed by atoms with E-state index in [0.29, 0.717) is 12.1 Å². The van der Waals surface area contributed by atoms with Gasteiger partial charge in [-0.1, -0.05) is 30.7 Å². The third-order valence-electron chi connectivity index (χ3n) is 5.48. The van der Waals surface area contributed by atoms with Crippen molar-refractivity contribution in [3.8, 4) is 5.75 Å². The van der Waals surface area contributed by atoms with Crippen LogP contribution in [0, 0.1) is 10.1 Å². The van der Waals surface area contributed by atoms with Gasteiger partial charge in [-0.15, -0.1) is 0 Å². The zero-order chi connectivity index (χ0) is 28.1. The van der Waals surface area contributed by atoms with Crippen LogP contribution in [0.2, 0.25) is 0 Å². The van der Waals surface area contributed by atoms with Crippen molar-refractivity contribution < 1.29 is 33.6 Å². The fourth-order valence-corrected chi connectivity index (χ4v) is 3.77. The van der Waals surface area contributed by atoms with Crippen molar-refractivity contribution in [1.82, 2.24) is 0 Å². The van der Waals surface area contributed by atoms with Crippen molar-refractivity contribution in [3.05, 3.63) is 105 Å². The molecule has 0 saturated carbocycles. The molecule has 0 unspecified atom stereocenters. The quantitative estimate of drug-likeness (QED) is 0.130. The topological polar surface area (TPSA) is 145 Å². The van der Waals surface area contributed by atoms with Gasteiger partial charge in [-0.25, -0.2) is 14.5 Å². The van der Waals surface area contributed by atoms with Gasteiger partial charge in [0.2, 0.25) is 5.75 Å². The molecule has 12 heteroatoms. The number of carbonyl (C=O) groups excluding carboxylic acids is 4. The minimum Gasteiger partial charge on any atom is -0.462 e. The Balaban J connectivity index is 1.45. The maximum Gasteiger partial charge on any atom is 0.343 e. The molecule has 1 aliphatic rings. The highest BCUT2D eigenvalue weighted by molar-refractivity contribution is 6.53. The van der Waals surface area contributed by atoms with Gasteiger partial charge in [-0.05, 0) is 61.0 Å². The van der Waals surface area contributed by atoms with Crippen molar-refractivity contribution in [3.63, 3.8) is 0 Å². The molecule has 2 amide bonds. The largest absolute Gasteiger partial charge is 0.462 e. The molecular formula is C27H20ClN3O8. The standard InChI is InChI=1S/C27H20ClN3O8/c1-2-15-38-26(34)16-9-13-19(14-10-16)30-24(32)22(28)23(25(30)33)29-18-11-7-17(8-12-18)27(35)39-21-6-4-3-5-20(21)31(36)37/h3-14,29H,2,15H2,1H3. The first-order chi connectivity index (χ1) is 18.7. The minimum atomic E-state index is -0.826. The fraction of sp³-hybridized carbons (Fsp3) is 0.111. The number of ether oxygens (including phenoxy) is 2. The molecular weight excluding hydrogens is 530 g/mol. The average molecular weight is 550 g/mol. The van der Waals surface area contributed by atoms with Gasteiger partial charge in [0.15, 0.2) is 0 Å². The number of carbonyl (C=O) groups is 4. The monoisotopic (exact) mass is 549 g/mol. The summed E-state index contributed by atoms with van der Waals surface area (Å²) >= 11 is 6.17. The molecule has 0 spiro atoms. The van der Waals surface area contributed by atoms with Crippen molar-refractivity contribution in [2.45, 2.75) is 13.3 Å². The number of nitro benzene ring substituents is 1. The van der Waals surface area contributed by atoms with E-state index in [-0.39, 0.29) is 45.6 Å². The SMILES string of the molecule is CCCOC(=O)c1ccc(N2C(=O)C(Cl)=C(Nc3ccc(C(=O)Oc4ccccc4[N+](=O)[O-])cc3)C2=O)cc1. The number of amides is 2. The van der Waals surface area contributed by atoms with Gasteiger partial charge in [0.05, 0.1) is 28.3 Å². The Bertz CT molecular complexity index is 1500. The number of benzene rings is 3. The number of esters is 2. The molecule has 11 nitrogen and oxygen atoms in total. The number of rotatable bonds is 9.